The second-order valence-electron chi connectivity index (χ2n) is 9.92. The van der Waals surface area contributed by atoms with Gasteiger partial charge in [-0.25, -0.2) is 0 Å². The number of nitriles is 1. The zero-order valence-electron chi connectivity index (χ0n) is 20.0. The zero-order valence-corrected chi connectivity index (χ0v) is 20.0. The third-order valence-corrected chi connectivity index (χ3v) is 6.91. The molecule has 0 bridgehead atoms. The number of furan rings is 1. The molecule has 174 valence electrons. The fourth-order valence-corrected chi connectivity index (χ4v) is 4.61. The van der Waals surface area contributed by atoms with E-state index >= 15 is 0 Å². The van der Waals surface area contributed by atoms with Crippen molar-refractivity contribution >= 4 is 17.2 Å². The van der Waals surface area contributed by atoms with Crippen LogP contribution in [0.25, 0.3) is 5.57 Å². The number of benzene rings is 1. The summed E-state index contributed by atoms with van der Waals surface area (Å²) < 4.78 is 5.32. The van der Waals surface area contributed by atoms with Gasteiger partial charge in [0.05, 0.1) is 0 Å². The molecule has 4 rings (SSSR count). The van der Waals surface area contributed by atoms with Gasteiger partial charge in [-0.2, -0.15) is 5.26 Å². The Morgan fingerprint density at radius 3 is 2.55 bits per heavy atom. The van der Waals surface area contributed by atoms with Crippen LogP contribution >= 0.6 is 0 Å². The summed E-state index contributed by atoms with van der Waals surface area (Å²) in [5.74, 6) is -0.0526. The van der Waals surface area contributed by atoms with Crippen LogP contribution in [0.3, 0.4) is 0 Å². The number of anilines is 1. The lowest BCUT2D eigenvalue weighted by molar-refractivity contribution is 0.0996. The lowest BCUT2D eigenvalue weighted by Crippen LogP contribution is -2.45. The van der Waals surface area contributed by atoms with Crippen LogP contribution in [0, 0.1) is 16.7 Å². The Morgan fingerprint density at radius 2 is 1.91 bits per heavy atom. The summed E-state index contributed by atoms with van der Waals surface area (Å²) >= 11 is 0. The first-order chi connectivity index (χ1) is 15.9. The third kappa shape index (κ3) is 5.73. The van der Waals surface area contributed by atoms with E-state index in [0.29, 0.717) is 5.41 Å². The molecular formula is C27H34N4O2. The Kier molecular flexibility index (Phi) is 7.02. The summed E-state index contributed by atoms with van der Waals surface area (Å²) in [4.78, 5) is 17.8. The second-order valence-corrected chi connectivity index (χ2v) is 9.92. The summed E-state index contributed by atoms with van der Waals surface area (Å²) in [6.45, 7) is 13.3. The summed E-state index contributed by atoms with van der Waals surface area (Å²) in [5, 5.41) is 12.0. The molecule has 2 aromatic rings. The maximum atomic E-state index is 12.8. The Balaban J connectivity index is 1.57. The van der Waals surface area contributed by atoms with Crippen LogP contribution in [0.1, 0.15) is 67.5 Å². The van der Waals surface area contributed by atoms with E-state index in [1.165, 1.54) is 17.2 Å². The molecule has 0 radical (unpaired) electrons. The van der Waals surface area contributed by atoms with Crippen molar-refractivity contribution in [1.82, 2.24) is 9.80 Å². The minimum Gasteiger partial charge on any atom is -0.440 e. The molecule has 2 aliphatic rings. The lowest BCUT2D eigenvalue weighted by Gasteiger charge is -2.34. The van der Waals surface area contributed by atoms with Gasteiger partial charge in [0.1, 0.15) is 6.07 Å². The van der Waals surface area contributed by atoms with Crippen molar-refractivity contribution in [3.05, 3.63) is 59.1 Å². The Bertz CT molecular complexity index is 1070. The Labute approximate surface area is 196 Å². The highest BCUT2D eigenvalue weighted by Gasteiger charge is 2.24. The third-order valence-electron chi connectivity index (χ3n) is 6.91. The first kappa shape index (κ1) is 23.3. The Morgan fingerprint density at radius 1 is 1.15 bits per heavy atom. The highest BCUT2D eigenvalue weighted by atomic mass is 16.3. The molecule has 2 heterocycles. The van der Waals surface area contributed by atoms with E-state index in [1.807, 2.05) is 12.1 Å². The van der Waals surface area contributed by atoms with Crippen LogP contribution in [0.4, 0.5) is 5.69 Å². The molecule has 1 saturated heterocycles. The summed E-state index contributed by atoms with van der Waals surface area (Å²) in [7, 11) is 0. The zero-order chi connectivity index (χ0) is 23.4. The van der Waals surface area contributed by atoms with Gasteiger partial charge >= 0.3 is 0 Å². The van der Waals surface area contributed by atoms with Crippen molar-refractivity contribution in [3.63, 3.8) is 0 Å². The van der Waals surface area contributed by atoms with Gasteiger partial charge in [-0.3, -0.25) is 9.69 Å². The van der Waals surface area contributed by atoms with Crippen LogP contribution < -0.4 is 5.32 Å². The summed E-state index contributed by atoms with van der Waals surface area (Å²) in [6, 6.07) is 11.4. The normalized spacial score (nSPS) is 19.0. The first-order valence-corrected chi connectivity index (χ1v) is 12.0. The number of carbonyl (C=O) groups excluding carboxylic acids is 1. The fraction of sp³-hybridized carbons (Fsp3) is 0.481. The molecule has 0 unspecified atom stereocenters. The SMILES string of the molecule is CCN1CCN(Cc2ccc(NC(=O)c3ccc(C#N)o3)c(C3=CCC(C)(C)CC3)c2)CC1. The van der Waals surface area contributed by atoms with Gasteiger partial charge in [0.15, 0.2) is 5.76 Å². The van der Waals surface area contributed by atoms with E-state index in [4.69, 9.17) is 9.68 Å². The van der Waals surface area contributed by atoms with Gasteiger partial charge in [0.25, 0.3) is 5.91 Å². The molecule has 33 heavy (non-hydrogen) atoms. The van der Waals surface area contributed by atoms with Gasteiger partial charge in [0, 0.05) is 44.0 Å². The van der Waals surface area contributed by atoms with Crippen LogP contribution in [-0.4, -0.2) is 48.4 Å². The van der Waals surface area contributed by atoms with Crippen molar-refractivity contribution in [1.29, 1.82) is 5.26 Å². The molecule has 1 aromatic heterocycles. The fourth-order valence-electron chi connectivity index (χ4n) is 4.61. The Hall–Kier alpha value is -2.88. The minimum absolute atomic E-state index is 0.135. The van der Waals surface area contributed by atoms with Gasteiger partial charge in [-0.1, -0.05) is 32.9 Å². The molecule has 1 aliphatic heterocycles. The number of allylic oxidation sites excluding steroid dienone is 2. The van der Waals surface area contributed by atoms with Crippen LogP contribution in [0.15, 0.2) is 40.8 Å². The van der Waals surface area contributed by atoms with Gasteiger partial charge in [-0.15, -0.1) is 0 Å². The van der Waals surface area contributed by atoms with Crippen LogP contribution in [-0.2, 0) is 6.54 Å². The van der Waals surface area contributed by atoms with E-state index in [2.05, 4.69) is 54.1 Å². The van der Waals surface area contributed by atoms with E-state index in [0.717, 1.165) is 69.8 Å². The number of carbonyl (C=O) groups is 1. The molecule has 6 nitrogen and oxygen atoms in total. The molecule has 1 N–H and O–H groups in total. The van der Waals surface area contributed by atoms with Crippen molar-refractivity contribution in [2.45, 2.75) is 46.6 Å². The number of nitrogens with one attached hydrogen (secondary N) is 1. The molecule has 0 spiro atoms. The number of amides is 1. The molecule has 6 heteroatoms. The van der Waals surface area contributed by atoms with Crippen molar-refractivity contribution < 1.29 is 9.21 Å². The highest BCUT2D eigenvalue weighted by Crippen LogP contribution is 2.40. The maximum absolute atomic E-state index is 12.8. The maximum Gasteiger partial charge on any atom is 0.291 e. The van der Waals surface area contributed by atoms with Crippen molar-refractivity contribution in [3.8, 4) is 6.07 Å². The minimum atomic E-state index is -0.335. The predicted octanol–water partition coefficient (Wildman–Crippen LogP) is 5.13. The van der Waals surface area contributed by atoms with Crippen molar-refractivity contribution in [2.75, 3.05) is 38.0 Å². The molecular weight excluding hydrogens is 412 g/mol. The largest absolute Gasteiger partial charge is 0.440 e. The van der Waals surface area contributed by atoms with Gasteiger partial charge < -0.3 is 14.6 Å². The number of hydrogen-bond acceptors (Lipinski definition) is 5. The molecule has 0 atom stereocenters. The first-order valence-electron chi connectivity index (χ1n) is 12.0. The standard InChI is InChI=1S/C27H34N4O2/c1-4-30-13-15-31(16-14-30)19-20-5-7-24(29-26(32)25-8-6-22(18-28)33-25)23(17-20)21-9-11-27(2,3)12-10-21/h5-9,17H,4,10-16,19H2,1-3H3,(H,29,32). The van der Waals surface area contributed by atoms with Crippen LogP contribution in [0.2, 0.25) is 0 Å². The van der Waals surface area contributed by atoms with E-state index in [9.17, 15) is 4.79 Å². The van der Waals surface area contributed by atoms with Gasteiger partial charge in [-0.05, 0) is 66.6 Å². The van der Waals surface area contributed by atoms with Crippen molar-refractivity contribution in [2.24, 2.45) is 5.41 Å². The molecule has 1 amide bonds. The average Bonchev–Trinajstić information content (AvgIpc) is 3.30. The monoisotopic (exact) mass is 446 g/mol. The molecule has 1 fully saturated rings. The van der Waals surface area contributed by atoms with E-state index in [-0.39, 0.29) is 17.4 Å². The smallest absolute Gasteiger partial charge is 0.291 e. The lowest BCUT2D eigenvalue weighted by atomic mass is 9.76. The predicted molar refractivity (Wildman–Crippen MR) is 131 cm³/mol. The molecule has 1 aromatic carbocycles. The highest BCUT2D eigenvalue weighted by molar-refractivity contribution is 6.04. The number of piperazine rings is 1. The quantitative estimate of drug-likeness (QED) is 0.666. The number of rotatable bonds is 6. The van der Waals surface area contributed by atoms with Crippen LogP contribution in [0.5, 0.6) is 0 Å². The molecule has 1 aliphatic carbocycles. The summed E-state index contributed by atoms with van der Waals surface area (Å²) in [6.07, 6.45) is 5.48. The van der Waals surface area contributed by atoms with E-state index < -0.39 is 0 Å². The second kappa shape index (κ2) is 9.94. The van der Waals surface area contributed by atoms with Gasteiger partial charge in [0.2, 0.25) is 5.76 Å². The molecule has 0 saturated carbocycles. The number of likely N-dealkylation sites (N-methyl/N-ethyl adjacent to an activating group) is 1. The summed E-state index contributed by atoms with van der Waals surface area (Å²) in [5.41, 5.74) is 4.75. The average molecular weight is 447 g/mol. The van der Waals surface area contributed by atoms with E-state index in [1.54, 1.807) is 6.07 Å². The number of hydrogen-bond donors (Lipinski definition) is 1. The topological polar surface area (TPSA) is 72.5 Å². The number of nitrogens with zero attached hydrogens (tertiary/aromatic N) is 3.